The normalized spacial score (nSPS) is 10.7. The average Bonchev–Trinajstić information content (AvgIpc) is 2.86. The van der Waals surface area contributed by atoms with Crippen molar-refractivity contribution in [1.29, 1.82) is 0 Å². The summed E-state index contributed by atoms with van der Waals surface area (Å²) in [6.07, 6.45) is 0. The fraction of sp³-hybridized carbons (Fsp3) is 0.0769. The van der Waals surface area contributed by atoms with E-state index in [0.717, 1.165) is 0 Å². The molecule has 0 bridgehead atoms. The number of benzene rings is 4. The first-order chi connectivity index (χ1) is 17.6. The standard InChI is InChI=1S/2C13H12O4S.2ClH.Zr/c2*1-10-4-2-3-5-13(10)18(15,16)17-12-8-6-11(14)7-9-12;;;/h2*2-9,14H,1H3;2*1H;/q;;;;+4/p-4. The maximum atomic E-state index is 12.5. The van der Waals surface area contributed by atoms with Crippen molar-refractivity contribution in [3.05, 3.63) is 108 Å². The third kappa shape index (κ3) is 8.72. The summed E-state index contributed by atoms with van der Waals surface area (Å²) >= 11 is -1.79. The second-order valence-corrected chi connectivity index (χ2v) is 12.3. The zero-order valence-electron chi connectivity index (χ0n) is 20.6. The van der Waals surface area contributed by atoms with Gasteiger partial charge in [-0.05, 0) is 0 Å². The average molecular weight is 689 g/mol. The van der Waals surface area contributed by atoms with Crippen LogP contribution in [-0.2, 0) is 44.4 Å². The van der Waals surface area contributed by atoms with Crippen molar-refractivity contribution in [2.45, 2.75) is 23.6 Å². The molecule has 8 nitrogen and oxygen atoms in total. The molecule has 0 saturated heterocycles. The Morgan fingerprint density at radius 2 is 0.795 bits per heavy atom. The zero-order valence-corrected chi connectivity index (χ0v) is 26.2. The van der Waals surface area contributed by atoms with E-state index in [0.29, 0.717) is 22.6 Å². The molecule has 4 aromatic rings. The van der Waals surface area contributed by atoms with Crippen LogP contribution in [0.4, 0.5) is 0 Å². The quantitative estimate of drug-likeness (QED) is 0.200. The summed E-state index contributed by atoms with van der Waals surface area (Å²) in [4.78, 5) is 0.226. The molecule has 39 heavy (non-hydrogen) atoms. The SMILES string of the molecule is Cc1ccccc1S(=O)(=O)Oc1ccc([O][Zr+2][O]c2ccc(OS(=O)(=O)c3ccccc3C)cc2)cc1.[Cl-].[Cl-]. The minimum absolute atomic E-state index is 0. The smallest absolute Gasteiger partial charge is 1.00 e. The minimum atomic E-state index is -3.95. The molecule has 0 fully saturated rings. The van der Waals surface area contributed by atoms with Crippen LogP contribution in [0.1, 0.15) is 11.1 Å². The number of rotatable bonds is 10. The van der Waals surface area contributed by atoms with E-state index in [9.17, 15) is 16.8 Å². The van der Waals surface area contributed by atoms with Crippen molar-refractivity contribution in [1.82, 2.24) is 0 Å². The molecule has 0 aliphatic heterocycles. The van der Waals surface area contributed by atoms with E-state index in [4.69, 9.17) is 14.0 Å². The Morgan fingerprint density at radius 1 is 0.487 bits per heavy atom. The Labute approximate surface area is 253 Å². The number of halogens is 2. The molecule has 4 rings (SSSR count). The molecule has 0 radical (unpaired) electrons. The van der Waals surface area contributed by atoms with Crippen molar-refractivity contribution in [3.8, 4) is 23.0 Å². The Bertz CT molecular complexity index is 1480. The fourth-order valence-corrected chi connectivity index (χ4v) is 6.83. The van der Waals surface area contributed by atoms with Gasteiger partial charge in [-0.3, -0.25) is 0 Å². The fourth-order valence-electron chi connectivity index (χ4n) is 3.26. The molecule has 0 atom stereocenters. The monoisotopic (exact) mass is 686 g/mol. The van der Waals surface area contributed by atoms with E-state index in [1.165, 1.54) is 36.4 Å². The van der Waals surface area contributed by atoms with Crippen LogP contribution in [0.5, 0.6) is 23.0 Å². The Hall–Kier alpha value is -2.56. The van der Waals surface area contributed by atoms with Gasteiger partial charge in [-0.2, -0.15) is 0 Å². The molecule has 13 heteroatoms. The van der Waals surface area contributed by atoms with Crippen molar-refractivity contribution >= 4 is 20.2 Å². The summed E-state index contributed by atoms with van der Waals surface area (Å²) in [5, 5.41) is 0. The number of hydrogen-bond acceptors (Lipinski definition) is 8. The van der Waals surface area contributed by atoms with Gasteiger partial charge in [-0.1, -0.05) is 0 Å². The van der Waals surface area contributed by atoms with Crippen LogP contribution >= 0.6 is 0 Å². The Kier molecular flexibility index (Phi) is 11.9. The van der Waals surface area contributed by atoms with Crippen LogP contribution in [-0.4, -0.2) is 16.8 Å². The molecule has 0 aliphatic carbocycles. The van der Waals surface area contributed by atoms with Crippen LogP contribution < -0.4 is 38.8 Å². The molecule has 204 valence electrons. The van der Waals surface area contributed by atoms with Crippen LogP contribution in [0.3, 0.4) is 0 Å². The van der Waals surface area contributed by atoms with E-state index >= 15 is 0 Å². The van der Waals surface area contributed by atoms with Gasteiger partial charge >= 0.3 is 230 Å². The molecular weight excluding hydrogens is 667 g/mol. The van der Waals surface area contributed by atoms with Crippen molar-refractivity contribution < 1.29 is 79.8 Å². The van der Waals surface area contributed by atoms with Gasteiger partial charge in [-0.15, -0.1) is 0 Å². The first-order valence-electron chi connectivity index (χ1n) is 10.9. The maximum Gasteiger partial charge on any atom is -1.00 e. The van der Waals surface area contributed by atoms with E-state index in [2.05, 4.69) is 0 Å². The molecule has 0 unspecified atom stereocenters. The second kappa shape index (κ2) is 14.2. The van der Waals surface area contributed by atoms with Gasteiger partial charge in [0.05, 0.1) is 0 Å². The molecule has 4 aromatic carbocycles. The van der Waals surface area contributed by atoms with Gasteiger partial charge in [0.25, 0.3) is 0 Å². The summed E-state index contributed by atoms with van der Waals surface area (Å²) in [7, 11) is -7.89. The first-order valence-corrected chi connectivity index (χ1v) is 15.8. The number of hydrogen-bond donors (Lipinski definition) is 0. The Balaban J connectivity index is 0.00000267. The molecule has 0 amide bonds. The van der Waals surface area contributed by atoms with Gasteiger partial charge in [0.15, 0.2) is 0 Å². The minimum Gasteiger partial charge on any atom is -1.00 e. The van der Waals surface area contributed by atoms with Gasteiger partial charge in [-0.25, -0.2) is 0 Å². The molecule has 0 saturated carbocycles. The van der Waals surface area contributed by atoms with E-state index in [1.807, 2.05) is 0 Å². The topological polar surface area (TPSA) is 105 Å². The summed E-state index contributed by atoms with van der Waals surface area (Å²) in [6.45, 7) is 3.40. The molecule has 0 aliphatic rings. The van der Waals surface area contributed by atoms with Gasteiger partial charge in [0.2, 0.25) is 0 Å². The van der Waals surface area contributed by atoms with Gasteiger partial charge in [0.1, 0.15) is 0 Å². The summed E-state index contributed by atoms with van der Waals surface area (Å²) in [5.41, 5.74) is 1.19. The van der Waals surface area contributed by atoms with Crippen LogP contribution in [0.2, 0.25) is 0 Å². The molecule has 0 aromatic heterocycles. The third-order valence-electron chi connectivity index (χ3n) is 5.10. The van der Waals surface area contributed by atoms with Gasteiger partial charge in [0, 0.05) is 0 Å². The summed E-state index contributed by atoms with van der Waals surface area (Å²) in [6, 6.07) is 25.6. The third-order valence-corrected chi connectivity index (χ3v) is 9.49. The van der Waals surface area contributed by atoms with Crippen LogP contribution in [0, 0.1) is 13.8 Å². The predicted octanol–water partition coefficient (Wildman–Crippen LogP) is -0.783. The van der Waals surface area contributed by atoms with Crippen molar-refractivity contribution in [3.63, 3.8) is 0 Å². The molecule has 0 N–H and O–H groups in total. The zero-order chi connectivity index (χ0) is 26.5. The van der Waals surface area contributed by atoms with E-state index in [1.54, 1.807) is 74.5 Å². The van der Waals surface area contributed by atoms with Crippen LogP contribution in [0.15, 0.2) is 107 Å². The predicted molar refractivity (Wildman–Crippen MR) is 132 cm³/mol. The number of aryl methyl sites for hydroxylation is 2. The Morgan fingerprint density at radius 3 is 1.13 bits per heavy atom. The molecule has 0 spiro atoms. The van der Waals surface area contributed by atoms with Crippen molar-refractivity contribution in [2.24, 2.45) is 0 Å². The summed E-state index contributed by atoms with van der Waals surface area (Å²) < 4.78 is 71.9. The maximum absolute atomic E-state index is 12.5. The van der Waals surface area contributed by atoms with Crippen molar-refractivity contribution in [2.75, 3.05) is 0 Å². The molecule has 0 heterocycles. The van der Waals surface area contributed by atoms with E-state index in [-0.39, 0.29) is 46.1 Å². The second-order valence-electron chi connectivity index (χ2n) is 7.84. The first kappa shape index (κ1) is 32.7. The van der Waals surface area contributed by atoms with E-state index < -0.39 is 44.4 Å². The largest absolute Gasteiger partial charge is 1.00 e. The summed E-state index contributed by atoms with van der Waals surface area (Å²) in [5.74, 6) is 1.35. The van der Waals surface area contributed by atoms with Gasteiger partial charge < -0.3 is 24.8 Å². The van der Waals surface area contributed by atoms with Crippen LogP contribution in [0.25, 0.3) is 0 Å². The molecular formula is C26H22Cl2O8S2Zr.